The monoisotopic (exact) mass is 501 g/mol. The first-order chi connectivity index (χ1) is 18.1. The Morgan fingerprint density at radius 2 is 1.86 bits per heavy atom. The molecule has 5 heterocycles. The number of imidazole rings is 2. The number of aromatic nitrogens is 8. The maximum Gasteiger partial charge on any atom is 0.326 e. The topological polar surface area (TPSA) is 129 Å². The summed E-state index contributed by atoms with van der Waals surface area (Å²) in [7, 11) is 3.06. The van der Waals surface area contributed by atoms with Gasteiger partial charge in [-0.15, -0.1) is 0 Å². The first-order valence-corrected chi connectivity index (χ1v) is 12.2. The third-order valence-corrected chi connectivity index (χ3v) is 6.93. The number of fused-ring (bicyclic) bond motifs is 2. The predicted molar refractivity (Wildman–Crippen MR) is 138 cm³/mol. The van der Waals surface area contributed by atoms with Gasteiger partial charge in [-0.3, -0.25) is 4.57 Å². The van der Waals surface area contributed by atoms with Crippen molar-refractivity contribution in [3.05, 3.63) is 47.3 Å². The first kappa shape index (κ1) is 23.0. The molecule has 1 fully saturated rings. The van der Waals surface area contributed by atoms with Crippen LogP contribution in [-0.2, 0) is 6.54 Å². The van der Waals surface area contributed by atoms with Crippen LogP contribution in [0.15, 0.2) is 41.6 Å². The van der Waals surface area contributed by atoms with E-state index in [1.54, 1.807) is 19.6 Å². The summed E-state index contributed by atoms with van der Waals surface area (Å²) in [5.41, 5.74) is 3.83. The van der Waals surface area contributed by atoms with Crippen molar-refractivity contribution in [1.82, 2.24) is 39.0 Å². The molecule has 1 aromatic carbocycles. The van der Waals surface area contributed by atoms with Crippen LogP contribution in [0.25, 0.3) is 33.6 Å². The second kappa shape index (κ2) is 9.19. The van der Waals surface area contributed by atoms with Crippen LogP contribution in [0.2, 0.25) is 0 Å². The van der Waals surface area contributed by atoms with Crippen molar-refractivity contribution in [2.45, 2.75) is 32.4 Å². The molecule has 0 spiro atoms. The molecular formula is C25H27N9O3. The molecular weight excluding hydrogens is 474 g/mol. The average Bonchev–Trinajstić information content (AvgIpc) is 3.49. The lowest BCUT2D eigenvalue weighted by atomic mass is 10.0. The van der Waals surface area contributed by atoms with Crippen LogP contribution < -0.4 is 20.1 Å². The van der Waals surface area contributed by atoms with Gasteiger partial charge in [0.25, 0.3) is 0 Å². The van der Waals surface area contributed by atoms with E-state index in [1.807, 2.05) is 40.3 Å². The van der Waals surface area contributed by atoms with Crippen molar-refractivity contribution in [3.8, 4) is 23.3 Å². The van der Waals surface area contributed by atoms with Crippen LogP contribution >= 0.6 is 0 Å². The maximum absolute atomic E-state index is 12.7. The Hall–Kier alpha value is -4.48. The van der Waals surface area contributed by atoms with Gasteiger partial charge in [0.05, 0.1) is 30.8 Å². The van der Waals surface area contributed by atoms with Crippen LogP contribution in [0.5, 0.6) is 11.9 Å². The molecule has 190 valence electrons. The van der Waals surface area contributed by atoms with E-state index in [4.69, 9.17) is 14.5 Å². The molecule has 1 aliphatic rings. The Balaban J connectivity index is 1.34. The molecule has 6 rings (SSSR count). The number of nitrogens with one attached hydrogen (secondary N) is 1. The number of hydrogen-bond donors (Lipinski definition) is 1. The molecule has 0 saturated carbocycles. The number of ether oxygens (including phenoxy) is 2. The lowest BCUT2D eigenvalue weighted by Crippen LogP contribution is -2.37. The third kappa shape index (κ3) is 3.76. The minimum atomic E-state index is -0.0638. The van der Waals surface area contributed by atoms with Crippen molar-refractivity contribution < 1.29 is 9.47 Å². The summed E-state index contributed by atoms with van der Waals surface area (Å²) in [5, 5.41) is 0. The van der Waals surface area contributed by atoms with Gasteiger partial charge in [0.15, 0.2) is 17.0 Å². The second-order valence-electron chi connectivity index (χ2n) is 8.86. The maximum atomic E-state index is 12.7. The largest absolute Gasteiger partial charge is 0.480 e. The summed E-state index contributed by atoms with van der Waals surface area (Å²) >= 11 is 0. The van der Waals surface area contributed by atoms with Gasteiger partial charge < -0.3 is 23.9 Å². The number of methoxy groups -OCH3 is 2. The number of piperidine rings is 1. The molecule has 0 aliphatic carbocycles. The molecule has 12 nitrogen and oxygen atoms in total. The molecule has 1 saturated heterocycles. The molecule has 0 atom stereocenters. The Labute approximate surface area is 211 Å². The summed E-state index contributed by atoms with van der Waals surface area (Å²) < 4.78 is 14.6. The number of rotatable bonds is 6. The fourth-order valence-electron chi connectivity index (χ4n) is 5.19. The third-order valence-electron chi connectivity index (χ3n) is 6.93. The van der Waals surface area contributed by atoms with Crippen LogP contribution in [-0.4, -0.2) is 66.3 Å². The number of benzene rings is 1. The number of aromatic amines is 1. The van der Waals surface area contributed by atoms with Gasteiger partial charge >= 0.3 is 11.7 Å². The molecule has 1 N–H and O–H groups in total. The summed E-state index contributed by atoms with van der Waals surface area (Å²) in [6.45, 7) is 4.16. The number of anilines is 1. The molecule has 12 heteroatoms. The van der Waals surface area contributed by atoms with Crippen LogP contribution in [0.4, 0.5) is 5.82 Å². The zero-order valence-corrected chi connectivity index (χ0v) is 20.9. The summed E-state index contributed by atoms with van der Waals surface area (Å²) in [6.07, 6.45) is 4.85. The number of nitrogens with zero attached hydrogens (tertiary/aromatic N) is 8. The van der Waals surface area contributed by atoms with E-state index < -0.39 is 0 Å². The highest BCUT2D eigenvalue weighted by molar-refractivity contribution is 5.87. The highest BCUT2D eigenvalue weighted by atomic mass is 16.5. The Kier molecular flexibility index (Phi) is 5.70. The zero-order valence-electron chi connectivity index (χ0n) is 20.9. The normalized spacial score (nSPS) is 14.5. The fraction of sp³-hybridized carbons (Fsp3) is 0.360. The quantitative estimate of drug-likeness (QED) is 0.373. The van der Waals surface area contributed by atoms with Crippen LogP contribution in [0.1, 0.15) is 25.8 Å². The first-order valence-electron chi connectivity index (χ1n) is 12.2. The predicted octanol–water partition coefficient (Wildman–Crippen LogP) is 2.80. The van der Waals surface area contributed by atoms with E-state index in [2.05, 4.69) is 29.8 Å². The summed E-state index contributed by atoms with van der Waals surface area (Å²) in [5.74, 6) is 1.80. The molecule has 4 aromatic heterocycles. The molecule has 5 aromatic rings. The number of aryl methyl sites for hydroxylation is 1. The highest BCUT2D eigenvalue weighted by Gasteiger charge is 2.27. The van der Waals surface area contributed by atoms with Crippen molar-refractivity contribution in [2.75, 3.05) is 32.2 Å². The van der Waals surface area contributed by atoms with Gasteiger partial charge in [0.2, 0.25) is 5.88 Å². The van der Waals surface area contributed by atoms with E-state index in [0.29, 0.717) is 29.3 Å². The standard InChI is InChI=1S/C25H27N9O3/c1-4-33-20(16-13-26-24(37-3)31-23(16)36-2)30-19-21(27-14-28-22(19)33)32-11-9-15(10-12-32)34-18-8-6-5-7-17(18)29-25(34)35/h5-8,13-15H,4,9-12H2,1-3H3,(H,29,35). The Morgan fingerprint density at radius 3 is 2.62 bits per heavy atom. The Bertz CT molecular complexity index is 1650. The van der Waals surface area contributed by atoms with Gasteiger partial charge in [0, 0.05) is 31.9 Å². The lowest BCUT2D eigenvalue weighted by molar-refractivity contribution is 0.353. The second-order valence-corrected chi connectivity index (χ2v) is 8.86. The van der Waals surface area contributed by atoms with E-state index in [1.165, 1.54) is 7.11 Å². The lowest BCUT2D eigenvalue weighted by Gasteiger charge is -2.33. The Morgan fingerprint density at radius 1 is 1.05 bits per heavy atom. The summed E-state index contributed by atoms with van der Waals surface area (Å²) in [6, 6.07) is 8.15. The number of para-hydroxylation sites is 2. The van der Waals surface area contributed by atoms with Gasteiger partial charge in [-0.1, -0.05) is 12.1 Å². The molecule has 37 heavy (non-hydrogen) atoms. The fourth-order valence-corrected chi connectivity index (χ4v) is 5.19. The van der Waals surface area contributed by atoms with Gasteiger partial charge in [-0.2, -0.15) is 4.98 Å². The number of hydrogen-bond acceptors (Lipinski definition) is 9. The molecule has 0 bridgehead atoms. The van der Waals surface area contributed by atoms with Crippen LogP contribution in [0.3, 0.4) is 0 Å². The van der Waals surface area contributed by atoms with Crippen molar-refractivity contribution in [3.63, 3.8) is 0 Å². The van der Waals surface area contributed by atoms with Crippen molar-refractivity contribution >= 4 is 28.0 Å². The van der Waals surface area contributed by atoms with E-state index in [-0.39, 0.29) is 17.7 Å². The van der Waals surface area contributed by atoms with E-state index >= 15 is 0 Å². The van der Waals surface area contributed by atoms with E-state index in [0.717, 1.165) is 48.4 Å². The zero-order chi connectivity index (χ0) is 25.5. The van der Waals surface area contributed by atoms with E-state index in [9.17, 15) is 4.79 Å². The van der Waals surface area contributed by atoms with Crippen molar-refractivity contribution in [1.29, 1.82) is 0 Å². The minimum Gasteiger partial charge on any atom is -0.480 e. The minimum absolute atomic E-state index is 0.0638. The average molecular weight is 502 g/mol. The van der Waals surface area contributed by atoms with Crippen LogP contribution in [0, 0.1) is 0 Å². The molecule has 0 amide bonds. The van der Waals surface area contributed by atoms with Gasteiger partial charge in [-0.05, 0) is 31.9 Å². The van der Waals surface area contributed by atoms with Crippen molar-refractivity contribution in [2.24, 2.45) is 0 Å². The summed E-state index contributed by atoms with van der Waals surface area (Å²) in [4.78, 5) is 40.6. The highest BCUT2D eigenvalue weighted by Crippen LogP contribution is 2.34. The van der Waals surface area contributed by atoms with Gasteiger partial charge in [0.1, 0.15) is 12.2 Å². The molecule has 0 unspecified atom stereocenters. The SMILES string of the molecule is CCn1c(-c2cnc(OC)nc2OC)nc2c(N3CCC(n4c(=O)[nH]c5ccccc54)CC3)ncnc21. The molecule has 1 aliphatic heterocycles. The van der Waals surface area contributed by atoms with Gasteiger partial charge in [-0.25, -0.2) is 24.7 Å². The number of H-pyrrole nitrogens is 1. The smallest absolute Gasteiger partial charge is 0.326 e. The molecule has 0 radical (unpaired) electrons.